The molecule has 1 amide bonds. The Hall–Kier alpha value is -1.14. The monoisotopic (exact) mass is 258 g/mol. The molecule has 1 aliphatic rings. The van der Waals surface area contributed by atoms with E-state index in [2.05, 4.69) is 15.4 Å². The van der Waals surface area contributed by atoms with Gasteiger partial charge in [-0.3, -0.25) is 4.79 Å². The molecule has 1 atom stereocenters. The first-order valence-electron chi connectivity index (χ1n) is 6.24. The lowest BCUT2D eigenvalue weighted by Gasteiger charge is -2.35. The van der Waals surface area contributed by atoms with Crippen LogP contribution in [0.15, 0.2) is 0 Å². The van der Waals surface area contributed by atoms with Crippen molar-refractivity contribution in [3.8, 4) is 0 Å². The van der Waals surface area contributed by atoms with Gasteiger partial charge >= 0.3 is 5.97 Å². The first-order valence-corrected chi connectivity index (χ1v) is 6.24. The summed E-state index contributed by atoms with van der Waals surface area (Å²) in [7, 11) is 2.85. The summed E-state index contributed by atoms with van der Waals surface area (Å²) in [6.07, 6.45) is 1.70. The highest BCUT2D eigenvalue weighted by atomic mass is 16.5. The molecule has 2 N–H and O–H groups in total. The Bertz CT molecular complexity index is 300. The number of esters is 1. The van der Waals surface area contributed by atoms with Crippen molar-refractivity contribution in [3.63, 3.8) is 0 Å². The lowest BCUT2D eigenvalue weighted by molar-refractivity contribution is -0.153. The van der Waals surface area contributed by atoms with Crippen molar-refractivity contribution in [1.29, 1.82) is 0 Å². The minimum absolute atomic E-state index is 0.233. The number of carbonyl (C=O) groups excluding carboxylic acids is 2. The molecule has 0 aromatic heterocycles. The summed E-state index contributed by atoms with van der Waals surface area (Å²) in [6, 6.07) is -0.607. The van der Waals surface area contributed by atoms with Crippen molar-refractivity contribution >= 4 is 11.9 Å². The van der Waals surface area contributed by atoms with Gasteiger partial charge in [0, 0.05) is 7.11 Å². The fraction of sp³-hybridized carbons (Fsp3) is 0.833. The Labute approximate surface area is 107 Å². The number of carbonyl (C=O) groups is 2. The smallest absolute Gasteiger partial charge is 0.328 e. The van der Waals surface area contributed by atoms with Gasteiger partial charge in [0.2, 0.25) is 0 Å². The van der Waals surface area contributed by atoms with E-state index in [4.69, 9.17) is 4.74 Å². The number of hydrogen-bond donors (Lipinski definition) is 2. The molecule has 1 unspecified atom stereocenters. The summed E-state index contributed by atoms with van der Waals surface area (Å²) >= 11 is 0. The van der Waals surface area contributed by atoms with Crippen LogP contribution in [0.1, 0.15) is 26.2 Å². The van der Waals surface area contributed by atoms with E-state index in [-0.39, 0.29) is 5.91 Å². The lowest BCUT2D eigenvalue weighted by Crippen LogP contribution is -2.57. The van der Waals surface area contributed by atoms with Crippen molar-refractivity contribution in [2.75, 3.05) is 27.3 Å². The molecule has 0 radical (unpaired) electrons. The molecule has 1 aliphatic heterocycles. The highest BCUT2D eigenvalue weighted by Gasteiger charge is 2.41. The fourth-order valence-electron chi connectivity index (χ4n) is 2.11. The second kappa shape index (κ2) is 6.70. The van der Waals surface area contributed by atoms with E-state index >= 15 is 0 Å². The van der Waals surface area contributed by atoms with Crippen molar-refractivity contribution in [1.82, 2.24) is 10.6 Å². The standard InChI is InChI=1S/C12H22N2O4/c1-4-9(10(15)17-2)14-11(16)12(18-3)5-7-13-8-6-12/h9,13H,4-8H2,1-3H3,(H,14,16). The van der Waals surface area contributed by atoms with Gasteiger partial charge in [-0.25, -0.2) is 4.79 Å². The molecular weight excluding hydrogens is 236 g/mol. The third-order valence-corrected chi connectivity index (χ3v) is 3.42. The normalized spacial score (nSPS) is 19.9. The number of rotatable bonds is 5. The summed E-state index contributed by atoms with van der Waals surface area (Å²) < 4.78 is 10.0. The molecule has 6 heteroatoms. The van der Waals surface area contributed by atoms with Gasteiger partial charge in [-0.1, -0.05) is 6.92 Å². The van der Waals surface area contributed by atoms with Gasteiger partial charge in [0.1, 0.15) is 11.6 Å². The Morgan fingerprint density at radius 3 is 2.39 bits per heavy atom. The second-order valence-corrected chi connectivity index (χ2v) is 4.41. The SMILES string of the molecule is CCC(NC(=O)C1(OC)CCNCC1)C(=O)OC. The Balaban J connectivity index is 2.69. The predicted molar refractivity (Wildman–Crippen MR) is 66.1 cm³/mol. The molecular formula is C12H22N2O4. The van der Waals surface area contributed by atoms with E-state index in [9.17, 15) is 9.59 Å². The number of hydrogen-bond acceptors (Lipinski definition) is 5. The van der Waals surface area contributed by atoms with Gasteiger partial charge in [0.15, 0.2) is 0 Å². The van der Waals surface area contributed by atoms with Crippen LogP contribution in [0.4, 0.5) is 0 Å². The van der Waals surface area contributed by atoms with Crippen LogP contribution in [0.3, 0.4) is 0 Å². The van der Waals surface area contributed by atoms with Gasteiger partial charge in [-0.2, -0.15) is 0 Å². The van der Waals surface area contributed by atoms with Crippen molar-refractivity contribution in [2.45, 2.75) is 37.8 Å². The zero-order valence-corrected chi connectivity index (χ0v) is 11.2. The zero-order valence-electron chi connectivity index (χ0n) is 11.2. The maximum absolute atomic E-state index is 12.3. The van der Waals surface area contributed by atoms with E-state index in [0.29, 0.717) is 19.3 Å². The van der Waals surface area contributed by atoms with E-state index in [1.165, 1.54) is 14.2 Å². The average Bonchev–Trinajstić information content (AvgIpc) is 2.44. The number of nitrogens with one attached hydrogen (secondary N) is 2. The molecule has 104 valence electrons. The number of methoxy groups -OCH3 is 2. The molecule has 18 heavy (non-hydrogen) atoms. The van der Waals surface area contributed by atoms with Gasteiger partial charge in [0.05, 0.1) is 7.11 Å². The van der Waals surface area contributed by atoms with Crippen LogP contribution < -0.4 is 10.6 Å². The van der Waals surface area contributed by atoms with Crippen LogP contribution in [0, 0.1) is 0 Å². The molecule has 1 saturated heterocycles. The summed E-state index contributed by atoms with van der Waals surface area (Å²) in [6.45, 7) is 3.29. The third kappa shape index (κ3) is 3.20. The van der Waals surface area contributed by atoms with E-state index in [1.807, 2.05) is 6.92 Å². The van der Waals surface area contributed by atoms with E-state index in [1.54, 1.807) is 0 Å². The van der Waals surface area contributed by atoms with Crippen LogP contribution in [0.2, 0.25) is 0 Å². The van der Waals surface area contributed by atoms with Crippen LogP contribution in [0.5, 0.6) is 0 Å². The molecule has 0 aromatic rings. The van der Waals surface area contributed by atoms with Gasteiger partial charge in [0.25, 0.3) is 5.91 Å². The second-order valence-electron chi connectivity index (χ2n) is 4.41. The molecule has 0 saturated carbocycles. The number of ether oxygens (including phenoxy) is 2. The fourth-order valence-corrected chi connectivity index (χ4v) is 2.11. The van der Waals surface area contributed by atoms with E-state index < -0.39 is 17.6 Å². The molecule has 0 bridgehead atoms. The maximum atomic E-state index is 12.3. The minimum atomic E-state index is -0.827. The quantitative estimate of drug-likeness (QED) is 0.669. The molecule has 1 heterocycles. The van der Waals surface area contributed by atoms with Gasteiger partial charge in [-0.15, -0.1) is 0 Å². The van der Waals surface area contributed by atoms with Gasteiger partial charge in [-0.05, 0) is 32.4 Å². The Morgan fingerprint density at radius 2 is 1.94 bits per heavy atom. The van der Waals surface area contributed by atoms with Crippen molar-refractivity contribution in [3.05, 3.63) is 0 Å². The number of amides is 1. The molecule has 6 nitrogen and oxygen atoms in total. The van der Waals surface area contributed by atoms with Gasteiger partial charge < -0.3 is 20.1 Å². The largest absolute Gasteiger partial charge is 0.467 e. The molecule has 0 aliphatic carbocycles. The zero-order chi connectivity index (χ0) is 13.6. The summed E-state index contributed by atoms with van der Waals surface area (Å²) in [5.41, 5.74) is -0.827. The highest BCUT2D eigenvalue weighted by molar-refractivity contribution is 5.89. The van der Waals surface area contributed by atoms with Crippen molar-refractivity contribution < 1.29 is 19.1 Å². The highest BCUT2D eigenvalue weighted by Crippen LogP contribution is 2.22. The lowest BCUT2D eigenvalue weighted by atomic mass is 9.90. The minimum Gasteiger partial charge on any atom is -0.467 e. The first-order chi connectivity index (χ1) is 8.59. The summed E-state index contributed by atoms with van der Waals surface area (Å²) in [4.78, 5) is 23.7. The van der Waals surface area contributed by atoms with Crippen LogP contribution in [-0.4, -0.2) is 50.8 Å². The summed E-state index contributed by atoms with van der Waals surface area (Å²) in [5, 5.41) is 5.89. The molecule has 0 spiro atoms. The van der Waals surface area contributed by atoms with Crippen LogP contribution >= 0.6 is 0 Å². The first kappa shape index (κ1) is 14.9. The molecule has 0 aromatic carbocycles. The number of piperidine rings is 1. The third-order valence-electron chi connectivity index (χ3n) is 3.42. The maximum Gasteiger partial charge on any atom is 0.328 e. The van der Waals surface area contributed by atoms with E-state index in [0.717, 1.165) is 13.1 Å². The molecule has 1 fully saturated rings. The van der Waals surface area contributed by atoms with Crippen LogP contribution in [0.25, 0.3) is 0 Å². The van der Waals surface area contributed by atoms with Crippen molar-refractivity contribution in [2.24, 2.45) is 0 Å². The molecule has 1 rings (SSSR count). The topological polar surface area (TPSA) is 76.7 Å². The van der Waals surface area contributed by atoms with Crippen LogP contribution in [-0.2, 0) is 19.1 Å². The average molecular weight is 258 g/mol. The Kier molecular flexibility index (Phi) is 5.55. The predicted octanol–water partition coefficient (Wildman–Crippen LogP) is -0.177. The summed E-state index contributed by atoms with van der Waals surface area (Å²) in [5.74, 6) is -0.658. The Morgan fingerprint density at radius 1 is 1.33 bits per heavy atom.